The molecule has 0 saturated heterocycles. The van der Waals surface area contributed by atoms with Crippen LogP contribution in [0.2, 0.25) is 0 Å². The molecule has 2 aromatic rings. The van der Waals surface area contributed by atoms with Gasteiger partial charge in [-0.3, -0.25) is 0 Å². The van der Waals surface area contributed by atoms with E-state index in [9.17, 15) is 0 Å². The van der Waals surface area contributed by atoms with Crippen molar-refractivity contribution in [1.82, 2.24) is 0 Å². The molecule has 0 amide bonds. The van der Waals surface area contributed by atoms with E-state index in [1.165, 1.54) is 11.1 Å². The van der Waals surface area contributed by atoms with Gasteiger partial charge in [0.05, 0.1) is 10.1 Å². The second-order valence-electron chi connectivity index (χ2n) is 5.85. The molecule has 0 heterocycles. The zero-order chi connectivity index (χ0) is 15.3. The van der Waals surface area contributed by atoms with Gasteiger partial charge in [-0.05, 0) is 21.9 Å². The molecule has 0 N–H and O–H groups in total. The second-order valence-corrected chi connectivity index (χ2v) is 9.55. The summed E-state index contributed by atoms with van der Waals surface area (Å²) >= 11 is 5.75. The third-order valence-electron chi connectivity index (χ3n) is 2.88. The van der Waals surface area contributed by atoms with Crippen molar-refractivity contribution in [3.05, 3.63) is 71.8 Å². The van der Waals surface area contributed by atoms with Crippen molar-refractivity contribution in [2.75, 3.05) is 0 Å². The Hall–Kier alpha value is -0.770. The van der Waals surface area contributed by atoms with Crippen LogP contribution in [0.4, 0.5) is 0 Å². The lowest BCUT2D eigenvalue weighted by molar-refractivity contribution is 0.810. The molecule has 2 aromatic carbocycles. The predicted molar refractivity (Wildman–Crippen MR) is 102 cm³/mol. The minimum atomic E-state index is 0.169. The van der Waals surface area contributed by atoms with E-state index in [0.29, 0.717) is 0 Å². The van der Waals surface area contributed by atoms with E-state index in [2.05, 4.69) is 69.3 Å². The number of hydrogen-bond donors (Lipinski definition) is 0. The zero-order valence-electron chi connectivity index (χ0n) is 12.6. The first-order valence-electron chi connectivity index (χ1n) is 6.97. The van der Waals surface area contributed by atoms with Crippen molar-refractivity contribution in [3.8, 4) is 0 Å². The molecule has 0 bridgehead atoms. The van der Waals surface area contributed by atoms with Crippen LogP contribution >= 0.6 is 33.8 Å². The highest BCUT2D eigenvalue weighted by atomic mass is 33.1. The molecule has 110 valence electrons. The van der Waals surface area contributed by atoms with Crippen molar-refractivity contribution >= 4 is 38.0 Å². The van der Waals surface area contributed by atoms with Crippen LogP contribution in [0.15, 0.2) is 60.7 Å². The Balaban J connectivity index is 2.27. The van der Waals surface area contributed by atoms with E-state index in [0.717, 1.165) is 4.20 Å². The van der Waals surface area contributed by atoms with Crippen LogP contribution < -0.4 is 0 Å². The summed E-state index contributed by atoms with van der Waals surface area (Å²) in [7, 11) is 3.56. The fourth-order valence-electron chi connectivity index (χ4n) is 1.97. The van der Waals surface area contributed by atoms with Gasteiger partial charge in [-0.25, -0.2) is 0 Å². The van der Waals surface area contributed by atoms with Gasteiger partial charge >= 0.3 is 0 Å². The lowest BCUT2D eigenvalue weighted by atomic mass is 9.93. The normalized spacial score (nSPS) is 11.6. The van der Waals surface area contributed by atoms with Crippen LogP contribution in [0.25, 0.3) is 0 Å². The van der Waals surface area contributed by atoms with Crippen LogP contribution in [0, 0.1) is 0 Å². The molecule has 0 unspecified atom stereocenters. The first-order chi connectivity index (χ1) is 9.97. The molecule has 0 aliphatic rings. The quantitative estimate of drug-likeness (QED) is 0.474. The number of rotatable bonds is 4. The van der Waals surface area contributed by atoms with Gasteiger partial charge in [-0.2, -0.15) is 0 Å². The highest BCUT2D eigenvalue weighted by molar-refractivity contribution is 8.84. The Morgan fingerprint density at radius 1 is 0.857 bits per heavy atom. The van der Waals surface area contributed by atoms with Gasteiger partial charge in [-0.1, -0.05) is 104 Å². The van der Waals surface area contributed by atoms with E-state index < -0.39 is 0 Å². The van der Waals surface area contributed by atoms with Gasteiger partial charge in [0, 0.05) is 4.75 Å². The smallest absolute Gasteiger partial charge is 0.0706 e. The summed E-state index contributed by atoms with van der Waals surface area (Å²) in [4.78, 5) is 0. The molecule has 3 heteroatoms. The second kappa shape index (κ2) is 7.48. The molecule has 0 spiro atoms. The van der Waals surface area contributed by atoms with Gasteiger partial charge in [0.2, 0.25) is 0 Å². The summed E-state index contributed by atoms with van der Waals surface area (Å²) < 4.78 is 1.22. The summed E-state index contributed by atoms with van der Waals surface area (Å²) in [6.45, 7) is 6.65. The molecule has 0 aliphatic heterocycles. The summed E-state index contributed by atoms with van der Waals surface area (Å²) in [6.07, 6.45) is 0. The van der Waals surface area contributed by atoms with E-state index in [4.69, 9.17) is 12.2 Å². The average molecular weight is 333 g/mol. The van der Waals surface area contributed by atoms with Gasteiger partial charge in [0.25, 0.3) is 0 Å². The van der Waals surface area contributed by atoms with E-state index in [-0.39, 0.29) is 10.7 Å². The summed E-state index contributed by atoms with van der Waals surface area (Å²) in [5.41, 5.74) is 2.52. The molecule has 2 rings (SSSR count). The van der Waals surface area contributed by atoms with Crippen LogP contribution in [-0.2, 0) is 0 Å². The maximum absolute atomic E-state index is 5.75. The molecule has 0 nitrogen and oxygen atoms in total. The predicted octanol–water partition coefficient (Wildman–Crippen LogP) is 6.33. The Kier molecular flexibility index (Phi) is 5.91. The molecule has 0 fully saturated rings. The molecule has 21 heavy (non-hydrogen) atoms. The Labute approximate surface area is 141 Å². The van der Waals surface area contributed by atoms with Crippen molar-refractivity contribution in [2.24, 2.45) is 0 Å². The van der Waals surface area contributed by atoms with Gasteiger partial charge in [0.1, 0.15) is 0 Å². The van der Waals surface area contributed by atoms with Gasteiger partial charge < -0.3 is 0 Å². The van der Waals surface area contributed by atoms with Crippen molar-refractivity contribution < 1.29 is 0 Å². The molecule has 0 aromatic heterocycles. The number of hydrogen-bond acceptors (Lipinski definition) is 3. The van der Waals surface area contributed by atoms with Crippen LogP contribution in [0.3, 0.4) is 0 Å². The number of thiocarbonyl (C=S) groups is 1. The lowest BCUT2D eigenvalue weighted by Crippen LogP contribution is -2.11. The fourth-order valence-corrected chi connectivity index (χ4v) is 4.53. The van der Waals surface area contributed by atoms with E-state index >= 15 is 0 Å². The average Bonchev–Trinajstić information content (AvgIpc) is 2.47. The van der Waals surface area contributed by atoms with Crippen molar-refractivity contribution in [2.45, 2.75) is 31.4 Å². The summed E-state index contributed by atoms with van der Waals surface area (Å²) in [6, 6.07) is 21.0. The third-order valence-corrected chi connectivity index (χ3v) is 6.95. The fraction of sp³-hybridized carbons (Fsp3) is 0.278. The highest BCUT2D eigenvalue weighted by Crippen LogP contribution is 2.41. The minimum Gasteiger partial charge on any atom is -0.0824 e. The van der Waals surface area contributed by atoms with Crippen LogP contribution in [0.1, 0.15) is 37.8 Å². The van der Waals surface area contributed by atoms with E-state index in [1.807, 2.05) is 22.9 Å². The monoisotopic (exact) mass is 332 g/mol. The summed E-state index contributed by atoms with van der Waals surface area (Å²) in [5, 5.41) is 0. The minimum absolute atomic E-state index is 0.169. The molecule has 0 aliphatic carbocycles. The largest absolute Gasteiger partial charge is 0.0824 e. The zero-order valence-corrected chi connectivity index (χ0v) is 15.0. The van der Waals surface area contributed by atoms with Crippen molar-refractivity contribution in [1.29, 1.82) is 0 Å². The molecule has 0 atom stereocenters. The molecule has 0 radical (unpaired) electrons. The maximum atomic E-state index is 5.75. The Morgan fingerprint density at radius 2 is 1.29 bits per heavy atom. The third kappa shape index (κ3) is 5.17. The van der Waals surface area contributed by atoms with Crippen molar-refractivity contribution in [3.63, 3.8) is 0 Å². The SMILES string of the molecule is CC(C)(C)SSC(=S)C(c1ccccc1)c1ccccc1. The molecular formula is C18H20S3. The standard InChI is InChI=1S/C18H20S3/c1-18(2,3)21-20-17(19)16(14-10-6-4-7-11-14)15-12-8-5-9-13-15/h4-13,16H,1-3H3. The maximum Gasteiger partial charge on any atom is 0.0706 e. The Bertz CT molecular complexity index is 531. The molecule has 0 saturated carbocycles. The van der Waals surface area contributed by atoms with Crippen LogP contribution in [0.5, 0.6) is 0 Å². The Morgan fingerprint density at radius 3 is 1.67 bits per heavy atom. The highest BCUT2D eigenvalue weighted by Gasteiger charge is 2.22. The first kappa shape index (κ1) is 16.6. The topological polar surface area (TPSA) is 0 Å². The molecular weight excluding hydrogens is 312 g/mol. The first-order valence-corrected chi connectivity index (χ1v) is 9.52. The van der Waals surface area contributed by atoms with E-state index in [1.54, 1.807) is 10.8 Å². The van der Waals surface area contributed by atoms with Gasteiger partial charge in [-0.15, -0.1) is 0 Å². The van der Waals surface area contributed by atoms with Crippen LogP contribution in [-0.4, -0.2) is 8.94 Å². The number of benzene rings is 2. The lowest BCUT2D eigenvalue weighted by Gasteiger charge is -2.22. The van der Waals surface area contributed by atoms with Gasteiger partial charge in [0.15, 0.2) is 0 Å². The summed E-state index contributed by atoms with van der Waals surface area (Å²) in [5.74, 6) is 0.169.